The maximum Gasteiger partial charge on any atom is 0.237 e. The SMILES string of the molecule is NNC(=NCCc1ccccc1)[C@@H](Cc1ccc2ccccc2c1)NC(=O)[C@H](N)Cc1ccc2c(c1)C=CCC2. The van der Waals surface area contributed by atoms with Crippen molar-refractivity contribution in [2.24, 2.45) is 16.6 Å². The van der Waals surface area contributed by atoms with Crippen LogP contribution in [0.4, 0.5) is 0 Å². The van der Waals surface area contributed by atoms with E-state index in [1.165, 1.54) is 22.1 Å². The number of fused-ring (bicyclic) bond motifs is 2. The summed E-state index contributed by atoms with van der Waals surface area (Å²) in [6.07, 6.45) is 8.21. The maximum absolute atomic E-state index is 13.4. The summed E-state index contributed by atoms with van der Waals surface area (Å²) in [6.45, 7) is 0.544. The molecule has 0 radical (unpaired) electrons. The minimum atomic E-state index is -0.701. The van der Waals surface area contributed by atoms with Crippen LogP contribution in [0.5, 0.6) is 0 Å². The van der Waals surface area contributed by atoms with E-state index in [9.17, 15) is 4.79 Å². The lowest BCUT2D eigenvalue weighted by Crippen LogP contribution is -2.54. The Morgan fingerprint density at radius 2 is 1.60 bits per heavy atom. The third-order valence-corrected chi connectivity index (χ3v) is 7.45. The highest BCUT2D eigenvalue weighted by molar-refractivity contribution is 5.93. The van der Waals surface area contributed by atoms with Gasteiger partial charge < -0.3 is 16.5 Å². The number of nitrogens with two attached hydrogens (primary N) is 2. The van der Waals surface area contributed by atoms with Gasteiger partial charge >= 0.3 is 0 Å². The van der Waals surface area contributed by atoms with Crippen LogP contribution in [-0.4, -0.2) is 30.4 Å². The molecule has 204 valence electrons. The molecule has 0 aromatic heterocycles. The first-order valence-electron chi connectivity index (χ1n) is 14.0. The second kappa shape index (κ2) is 13.2. The van der Waals surface area contributed by atoms with Gasteiger partial charge in [-0.2, -0.15) is 0 Å². The Morgan fingerprint density at radius 3 is 2.42 bits per heavy atom. The van der Waals surface area contributed by atoms with E-state index >= 15 is 0 Å². The monoisotopic (exact) mass is 531 g/mol. The third kappa shape index (κ3) is 7.03. The van der Waals surface area contributed by atoms with Crippen LogP contribution >= 0.6 is 0 Å². The first-order valence-corrected chi connectivity index (χ1v) is 14.0. The lowest BCUT2D eigenvalue weighted by molar-refractivity contribution is -0.122. The predicted molar refractivity (Wildman–Crippen MR) is 165 cm³/mol. The molecule has 6 nitrogen and oxygen atoms in total. The van der Waals surface area contributed by atoms with Gasteiger partial charge in [-0.05, 0) is 70.7 Å². The topological polar surface area (TPSA) is 106 Å². The predicted octanol–water partition coefficient (Wildman–Crippen LogP) is 4.50. The quantitative estimate of drug-likeness (QED) is 0.105. The lowest BCUT2D eigenvalue weighted by Gasteiger charge is -2.23. The summed E-state index contributed by atoms with van der Waals surface area (Å²) in [5, 5.41) is 5.46. The van der Waals surface area contributed by atoms with Crippen LogP contribution in [0.25, 0.3) is 16.8 Å². The second-order valence-corrected chi connectivity index (χ2v) is 10.4. The van der Waals surface area contributed by atoms with Gasteiger partial charge in [-0.1, -0.05) is 103 Å². The molecule has 0 aliphatic heterocycles. The fourth-order valence-electron chi connectivity index (χ4n) is 5.25. The molecule has 1 amide bonds. The molecule has 5 rings (SSSR count). The molecule has 0 fully saturated rings. The first kappa shape index (κ1) is 27.3. The summed E-state index contributed by atoms with van der Waals surface area (Å²) in [7, 11) is 0. The van der Waals surface area contributed by atoms with Crippen molar-refractivity contribution in [1.29, 1.82) is 0 Å². The van der Waals surface area contributed by atoms with Gasteiger partial charge in [-0.15, -0.1) is 0 Å². The molecule has 0 saturated carbocycles. The standard InChI is InChI=1S/C34H37N5O/c35-31(22-25-14-16-27-10-4-6-12-29(27)20-25)34(40)38-32(23-26-15-17-28-11-5-7-13-30(28)21-26)33(39-36)37-19-18-24-8-2-1-3-9-24/h1-3,5-9,11-17,20-21,31-32H,4,10,18-19,22-23,35-36H2,(H,37,39)(H,38,40)/t31-,32-/m1/s1. The van der Waals surface area contributed by atoms with Gasteiger partial charge in [-0.3, -0.25) is 9.79 Å². The molecule has 0 heterocycles. The number of amides is 1. The summed E-state index contributed by atoms with van der Waals surface area (Å²) in [5.41, 5.74) is 15.1. The van der Waals surface area contributed by atoms with E-state index in [2.05, 4.69) is 83.6 Å². The Kier molecular flexibility index (Phi) is 9.01. The minimum absolute atomic E-state index is 0.231. The number of hydrogen-bond donors (Lipinski definition) is 4. The molecule has 4 aromatic carbocycles. The zero-order valence-electron chi connectivity index (χ0n) is 22.7. The number of aryl methyl sites for hydroxylation is 1. The summed E-state index contributed by atoms with van der Waals surface area (Å²) in [4.78, 5) is 18.1. The molecule has 40 heavy (non-hydrogen) atoms. The highest BCUT2D eigenvalue weighted by Crippen LogP contribution is 2.21. The second-order valence-electron chi connectivity index (χ2n) is 10.4. The average Bonchev–Trinajstić information content (AvgIpc) is 2.99. The molecule has 6 heteroatoms. The average molecular weight is 532 g/mol. The number of nitrogens with zero attached hydrogens (tertiary/aromatic N) is 1. The highest BCUT2D eigenvalue weighted by atomic mass is 16.2. The number of nitrogens with one attached hydrogen (secondary N) is 2. The van der Waals surface area contributed by atoms with Crippen molar-refractivity contribution in [3.63, 3.8) is 0 Å². The van der Waals surface area contributed by atoms with Crippen molar-refractivity contribution in [2.45, 2.75) is 44.2 Å². The smallest absolute Gasteiger partial charge is 0.237 e. The summed E-state index contributed by atoms with van der Waals surface area (Å²) in [5.74, 6) is 6.27. The minimum Gasteiger partial charge on any atom is -0.344 e. The highest BCUT2D eigenvalue weighted by Gasteiger charge is 2.23. The van der Waals surface area contributed by atoms with Gasteiger partial charge in [0.15, 0.2) is 0 Å². The molecule has 2 atom stereocenters. The van der Waals surface area contributed by atoms with Crippen LogP contribution in [-0.2, 0) is 30.5 Å². The maximum atomic E-state index is 13.4. The molecule has 0 unspecified atom stereocenters. The summed E-state index contributed by atoms with van der Waals surface area (Å²) in [6, 6.07) is 30.0. The van der Waals surface area contributed by atoms with Crippen LogP contribution in [0.15, 0.2) is 102 Å². The number of amidine groups is 1. The third-order valence-electron chi connectivity index (χ3n) is 7.45. The zero-order chi connectivity index (χ0) is 27.7. The van der Waals surface area contributed by atoms with Gasteiger partial charge in [-0.25, -0.2) is 5.84 Å². The normalized spacial score (nSPS) is 14.4. The van der Waals surface area contributed by atoms with Crippen molar-refractivity contribution < 1.29 is 4.79 Å². The molecule has 0 saturated heterocycles. The molecule has 0 bridgehead atoms. The van der Waals surface area contributed by atoms with Crippen LogP contribution in [0.1, 0.15) is 34.2 Å². The molecule has 6 N–H and O–H groups in total. The molecular formula is C34H37N5O. The van der Waals surface area contributed by atoms with Gasteiger partial charge in [0.05, 0.1) is 12.1 Å². The Balaban J connectivity index is 1.33. The summed E-state index contributed by atoms with van der Waals surface area (Å²) >= 11 is 0. The zero-order valence-corrected chi connectivity index (χ0v) is 22.7. The van der Waals surface area contributed by atoms with Crippen molar-refractivity contribution in [2.75, 3.05) is 6.54 Å². The Hall–Kier alpha value is -4.26. The fourth-order valence-corrected chi connectivity index (χ4v) is 5.25. The van der Waals surface area contributed by atoms with Gasteiger partial charge in [0.1, 0.15) is 5.84 Å². The number of allylic oxidation sites excluding steroid dienone is 1. The largest absolute Gasteiger partial charge is 0.344 e. The number of rotatable bonds is 10. The Bertz CT molecular complexity index is 1510. The Morgan fingerprint density at radius 1 is 0.850 bits per heavy atom. The number of aliphatic imine (C=N–C) groups is 1. The van der Waals surface area contributed by atoms with Crippen molar-refractivity contribution in [1.82, 2.24) is 10.7 Å². The van der Waals surface area contributed by atoms with E-state index in [4.69, 9.17) is 16.6 Å². The fraction of sp³-hybridized carbons (Fsp3) is 0.235. The van der Waals surface area contributed by atoms with E-state index in [1.54, 1.807) is 0 Å². The van der Waals surface area contributed by atoms with Crippen molar-refractivity contribution >= 4 is 28.6 Å². The van der Waals surface area contributed by atoms with Crippen LogP contribution in [0.2, 0.25) is 0 Å². The molecule has 1 aliphatic carbocycles. The van der Waals surface area contributed by atoms with Crippen LogP contribution < -0.4 is 22.3 Å². The van der Waals surface area contributed by atoms with Gasteiger partial charge in [0, 0.05) is 6.54 Å². The lowest BCUT2D eigenvalue weighted by atomic mass is 9.93. The Labute approximate surface area is 236 Å². The van der Waals surface area contributed by atoms with Crippen molar-refractivity contribution in [3.8, 4) is 0 Å². The van der Waals surface area contributed by atoms with E-state index in [0.717, 1.165) is 35.8 Å². The van der Waals surface area contributed by atoms with E-state index in [0.29, 0.717) is 25.2 Å². The first-order chi connectivity index (χ1) is 19.6. The van der Waals surface area contributed by atoms with Crippen molar-refractivity contribution in [3.05, 3.63) is 125 Å². The summed E-state index contributed by atoms with van der Waals surface area (Å²) < 4.78 is 0. The van der Waals surface area contributed by atoms with E-state index < -0.39 is 12.1 Å². The number of hydrogen-bond acceptors (Lipinski definition) is 4. The van der Waals surface area contributed by atoms with Crippen LogP contribution in [0, 0.1) is 0 Å². The van der Waals surface area contributed by atoms with E-state index in [1.807, 2.05) is 30.3 Å². The molecule has 4 aromatic rings. The molecule has 1 aliphatic rings. The van der Waals surface area contributed by atoms with Gasteiger partial charge in [0.2, 0.25) is 5.91 Å². The number of benzene rings is 4. The molecule has 0 spiro atoms. The van der Waals surface area contributed by atoms with Crippen LogP contribution in [0.3, 0.4) is 0 Å². The number of carbonyl (C=O) groups is 1. The number of carbonyl (C=O) groups excluding carboxylic acids is 1. The molecular weight excluding hydrogens is 494 g/mol. The number of hydrazine groups is 1. The van der Waals surface area contributed by atoms with Gasteiger partial charge in [0.25, 0.3) is 0 Å². The van der Waals surface area contributed by atoms with E-state index in [-0.39, 0.29) is 5.91 Å².